The van der Waals surface area contributed by atoms with Gasteiger partial charge in [0.15, 0.2) is 5.69 Å². The SMILES string of the molecule is CC(C)CC(=O)Nc1cccc(CNC(=O)c2nnn(-c3ccccc3)c2C2CC2)c1. The van der Waals surface area contributed by atoms with Crippen LogP contribution in [0.15, 0.2) is 54.6 Å². The van der Waals surface area contributed by atoms with Crippen LogP contribution in [-0.2, 0) is 11.3 Å². The molecule has 0 aliphatic heterocycles. The summed E-state index contributed by atoms with van der Waals surface area (Å²) in [6.45, 7) is 4.36. The van der Waals surface area contributed by atoms with Crippen LogP contribution in [-0.4, -0.2) is 26.8 Å². The molecule has 7 nitrogen and oxygen atoms in total. The fraction of sp³-hybridized carbons (Fsp3) is 0.333. The molecule has 2 aromatic carbocycles. The molecule has 3 aromatic rings. The van der Waals surface area contributed by atoms with E-state index < -0.39 is 0 Å². The Morgan fingerprint density at radius 1 is 1.10 bits per heavy atom. The summed E-state index contributed by atoms with van der Waals surface area (Å²) in [5, 5.41) is 14.3. The number of nitrogens with zero attached hydrogens (tertiary/aromatic N) is 3. The summed E-state index contributed by atoms with van der Waals surface area (Å²) in [5.74, 6) is 0.365. The van der Waals surface area contributed by atoms with Gasteiger partial charge in [0, 0.05) is 24.6 Å². The van der Waals surface area contributed by atoms with Crippen molar-refractivity contribution in [3.05, 3.63) is 71.5 Å². The minimum absolute atomic E-state index is 0.0113. The molecule has 31 heavy (non-hydrogen) atoms. The number of anilines is 1. The Morgan fingerprint density at radius 2 is 1.87 bits per heavy atom. The van der Waals surface area contributed by atoms with Gasteiger partial charge in [-0.1, -0.05) is 49.4 Å². The lowest BCUT2D eigenvalue weighted by atomic mass is 10.1. The van der Waals surface area contributed by atoms with E-state index >= 15 is 0 Å². The molecule has 0 unspecified atom stereocenters. The highest BCUT2D eigenvalue weighted by atomic mass is 16.2. The highest BCUT2D eigenvalue weighted by molar-refractivity contribution is 5.94. The fourth-order valence-electron chi connectivity index (χ4n) is 3.54. The van der Waals surface area contributed by atoms with Crippen LogP contribution in [0.4, 0.5) is 5.69 Å². The Balaban J connectivity index is 1.45. The van der Waals surface area contributed by atoms with Crippen molar-refractivity contribution in [2.75, 3.05) is 5.32 Å². The third-order valence-electron chi connectivity index (χ3n) is 5.14. The second kappa shape index (κ2) is 9.12. The monoisotopic (exact) mass is 417 g/mol. The zero-order chi connectivity index (χ0) is 21.8. The van der Waals surface area contributed by atoms with Gasteiger partial charge in [-0.05, 0) is 48.6 Å². The maximum atomic E-state index is 12.9. The molecule has 1 heterocycles. The highest BCUT2D eigenvalue weighted by Crippen LogP contribution is 2.41. The molecule has 0 atom stereocenters. The number of hydrogen-bond donors (Lipinski definition) is 2. The van der Waals surface area contributed by atoms with Crippen molar-refractivity contribution in [2.45, 2.75) is 45.6 Å². The second-order valence-corrected chi connectivity index (χ2v) is 8.37. The Kier molecular flexibility index (Phi) is 6.11. The number of amides is 2. The number of benzene rings is 2. The van der Waals surface area contributed by atoms with E-state index in [1.165, 1.54) is 0 Å². The molecule has 2 amide bonds. The van der Waals surface area contributed by atoms with Gasteiger partial charge in [-0.2, -0.15) is 0 Å². The molecular weight excluding hydrogens is 390 g/mol. The van der Waals surface area contributed by atoms with Gasteiger partial charge >= 0.3 is 0 Å². The minimum Gasteiger partial charge on any atom is -0.347 e. The van der Waals surface area contributed by atoms with Gasteiger partial charge in [0.1, 0.15) is 0 Å². The van der Waals surface area contributed by atoms with Crippen LogP contribution in [0, 0.1) is 5.92 Å². The smallest absolute Gasteiger partial charge is 0.274 e. The van der Waals surface area contributed by atoms with Gasteiger partial charge in [-0.25, -0.2) is 4.68 Å². The van der Waals surface area contributed by atoms with Crippen molar-refractivity contribution >= 4 is 17.5 Å². The van der Waals surface area contributed by atoms with E-state index in [1.54, 1.807) is 4.68 Å². The molecule has 1 aliphatic rings. The van der Waals surface area contributed by atoms with Crippen molar-refractivity contribution < 1.29 is 9.59 Å². The Bertz CT molecular complexity index is 1070. The molecule has 1 saturated carbocycles. The van der Waals surface area contributed by atoms with Gasteiger partial charge in [0.05, 0.1) is 11.4 Å². The van der Waals surface area contributed by atoms with Crippen LogP contribution in [0.5, 0.6) is 0 Å². The zero-order valence-corrected chi connectivity index (χ0v) is 17.8. The lowest BCUT2D eigenvalue weighted by molar-refractivity contribution is -0.116. The third-order valence-corrected chi connectivity index (χ3v) is 5.14. The molecule has 0 saturated heterocycles. The number of para-hydroxylation sites is 1. The maximum Gasteiger partial charge on any atom is 0.274 e. The van der Waals surface area contributed by atoms with Crippen LogP contribution in [0.3, 0.4) is 0 Å². The first-order chi connectivity index (χ1) is 15.0. The number of hydrogen-bond acceptors (Lipinski definition) is 4. The molecule has 1 aliphatic carbocycles. The quantitative estimate of drug-likeness (QED) is 0.578. The molecule has 7 heteroatoms. The normalized spacial score (nSPS) is 13.3. The lowest BCUT2D eigenvalue weighted by Crippen LogP contribution is -2.24. The van der Waals surface area contributed by atoms with Gasteiger partial charge in [-0.15, -0.1) is 5.10 Å². The average molecular weight is 418 g/mol. The van der Waals surface area contributed by atoms with E-state index in [2.05, 4.69) is 20.9 Å². The number of carbonyl (C=O) groups excluding carboxylic acids is 2. The predicted octanol–water partition coefficient (Wildman–Crippen LogP) is 4.06. The summed E-state index contributed by atoms with van der Waals surface area (Å²) in [6, 6.07) is 17.3. The first kappa shape index (κ1) is 20.8. The number of aromatic nitrogens is 3. The van der Waals surface area contributed by atoms with Crippen LogP contribution >= 0.6 is 0 Å². The van der Waals surface area contributed by atoms with Crippen molar-refractivity contribution in [3.8, 4) is 5.69 Å². The van der Waals surface area contributed by atoms with E-state index in [-0.39, 0.29) is 11.8 Å². The summed E-state index contributed by atoms with van der Waals surface area (Å²) < 4.78 is 1.78. The molecular formula is C24H27N5O2. The first-order valence-electron chi connectivity index (χ1n) is 10.7. The number of rotatable bonds is 8. The molecule has 160 valence electrons. The molecule has 1 fully saturated rings. The minimum atomic E-state index is -0.238. The van der Waals surface area contributed by atoms with Crippen LogP contribution < -0.4 is 10.6 Å². The van der Waals surface area contributed by atoms with E-state index in [0.29, 0.717) is 30.5 Å². The van der Waals surface area contributed by atoms with E-state index in [9.17, 15) is 9.59 Å². The van der Waals surface area contributed by atoms with Gasteiger partial charge in [0.2, 0.25) is 5.91 Å². The van der Waals surface area contributed by atoms with Crippen molar-refractivity contribution in [1.29, 1.82) is 0 Å². The van der Waals surface area contributed by atoms with Crippen LogP contribution in [0.2, 0.25) is 0 Å². The average Bonchev–Trinajstić information content (AvgIpc) is 3.50. The second-order valence-electron chi connectivity index (χ2n) is 8.37. The van der Waals surface area contributed by atoms with Gasteiger partial charge < -0.3 is 10.6 Å². The Labute approximate surface area is 181 Å². The maximum absolute atomic E-state index is 12.9. The Morgan fingerprint density at radius 3 is 2.58 bits per heavy atom. The van der Waals surface area contributed by atoms with Crippen molar-refractivity contribution in [1.82, 2.24) is 20.3 Å². The predicted molar refractivity (Wildman–Crippen MR) is 119 cm³/mol. The zero-order valence-electron chi connectivity index (χ0n) is 17.8. The number of nitrogens with one attached hydrogen (secondary N) is 2. The third kappa shape index (κ3) is 5.17. The molecule has 0 radical (unpaired) electrons. The standard InChI is InChI=1S/C24H27N5O2/c1-16(2)13-21(30)26-19-8-6-7-17(14-19)15-25-24(31)22-23(18-11-12-18)29(28-27-22)20-9-4-3-5-10-20/h3-10,14,16,18H,11-13,15H2,1-2H3,(H,25,31)(H,26,30). The van der Waals surface area contributed by atoms with Crippen LogP contribution in [0.1, 0.15) is 60.8 Å². The van der Waals surface area contributed by atoms with Gasteiger partial charge in [0.25, 0.3) is 5.91 Å². The summed E-state index contributed by atoms with van der Waals surface area (Å²) in [7, 11) is 0. The molecule has 4 rings (SSSR count). The summed E-state index contributed by atoms with van der Waals surface area (Å²) in [4.78, 5) is 24.9. The largest absolute Gasteiger partial charge is 0.347 e. The summed E-state index contributed by atoms with van der Waals surface area (Å²) in [5.41, 5.74) is 3.79. The molecule has 0 bridgehead atoms. The highest BCUT2D eigenvalue weighted by Gasteiger charge is 2.34. The number of carbonyl (C=O) groups is 2. The van der Waals surface area contributed by atoms with E-state index in [4.69, 9.17) is 0 Å². The van der Waals surface area contributed by atoms with Crippen molar-refractivity contribution in [3.63, 3.8) is 0 Å². The topological polar surface area (TPSA) is 88.9 Å². The summed E-state index contributed by atoms with van der Waals surface area (Å²) in [6.07, 6.45) is 2.55. The summed E-state index contributed by atoms with van der Waals surface area (Å²) >= 11 is 0. The fourth-order valence-corrected chi connectivity index (χ4v) is 3.54. The molecule has 1 aromatic heterocycles. The Hall–Kier alpha value is -3.48. The van der Waals surface area contributed by atoms with Crippen LogP contribution in [0.25, 0.3) is 5.69 Å². The molecule has 0 spiro atoms. The van der Waals surface area contributed by atoms with E-state index in [1.807, 2.05) is 68.4 Å². The lowest BCUT2D eigenvalue weighted by Gasteiger charge is -2.10. The van der Waals surface area contributed by atoms with E-state index in [0.717, 1.165) is 35.5 Å². The van der Waals surface area contributed by atoms with Gasteiger partial charge in [-0.3, -0.25) is 9.59 Å². The molecule has 2 N–H and O–H groups in total. The first-order valence-corrected chi connectivity index (χ1v) is 10.7. The van der Waals surface area contributed by atoms with Crippen molar-refractivity contribution in [2.24, 2.45) is 5.92 Å².